The molecule has 1 N–H and O–H groups in total. The summed E-state index contributed by atoms with van der Waals surface area (Å²) in [6.07, 6.45) is -0.399. The van der Waals surface area contributed by atoms with E-state index in [0.29, 0.717) is 32.7 Å². The van der Waals surface area contributed by atoms with E-state index in [-0.39, 0.29) is 5.91 Å². The SMILES string of the molecule is Cc1cc(CN2CCN(C(=O)C3CC(F)(F)CN3)CC2)on1. The highest BCUT2D eigenvalue weighted by molar-refractivity contribution is 5.82. The third-order valence-corrected chi connectivity index (χ3v) is 4.15. The molecule has 6 nitrogen and oxygen atoms in total. The Labute approximate surface area is 127 Å². The van der Waals surface area contributed by atoms with E-state index >= 15 is 0 Å². The van der Waals surface area contributed by atoms with Gasteiger partial charge in [-0.3, -0.25) is 15.0 Å². The molecule has 0 radical (unpaired) electrons. The van der Waals surface area contributed by atoms with Gasteiger partial charge >= 0.3 is 0 Å². The Morgan fingerprint density at radius 2 is 2.18 bits per heavy atom. The lowest BCUT2D eigenvalue weighted by atomic mass is 10.1. The number of aromatic nitrogens is 1. The van der Waals surface area contributed by atoms with Crippen LogP contribution in [0, 0.1) is 6.92 Å². The summed E-state index contributed by atoms with van der Waals surface area (Å²) < 4.78 is 31.5. The van der Waals surface area contributed by atoms with Crippen LogP contribution in [-0.2, 0) is 11.3 Å². The smallest absolute Gasteiger partial charge is 0.262 e. The van der Waals surface area contributed by atoms with Gasteiger partial charge in [0.15, 0.2) is 5.76 Å². The minimum absolute atomic E-state index is 0.215. The van der Waals surface area contributed by atoms with Gasteiger partial charge in [-0.2, -0.15) is 0 Å². The van der Waals surface area contributed by atoms with E-state index in [1.165, 1.54) is 0 Å². The van der Waals surface area contributed by atoms with Crippen LogP contribution in [-0.4, -0.2) is 65.6 Å². The fraction of sp³-hybridized carbons (Fsp3) is 0.714. The highest BCUT2D eigenvalue weighted by Gasteiger charge is 2.43. The van der Waals surface area contributed by atoms with Crippen LogP contribution in [0.25, 0.3) is 0 Å². The number of halogens is 2. The zero-order chi connectivity index (χ0) is 15.7. The highest BCUT2D eigenvalue weighted by atomic mass is 19.3. The molecule has 1 aromatic heterocycles. The van der Waals surface area contributed by atoms with Crippen LogP contribution in [0.5, 0.6) is 0 Å². The van der Waals surface area contributed by atoms with Crippen molar-refractivity contribution in [2.75, 3.05) is 32.7 Å². The maximum atomic E-state index is 13.2. The molecule has 122 valence electrons. The lowest BCUT2D eigenvalue weighted by molar-refractivity contribution is -0.135. The molecule has 2 aliphatic heterocycles. The molecule has 1 aromatic rings. The molecule has 2 fully saturated rings. The van der Waals surface area contributed by atoms with Gasteiger partial charge in [-0.15, -0.1) is 0 Å². The molecule has 1 atom stereocenters. The number of nitrogens with one attached hydrogen (secondary N) is 1. The number of nitrogens with zero attached hydrogens (tertiary/aromatic N) is 3. The van der Waals surface area contributed by atoms with Crippen molar-refractivity contribution in [1.82, 2.24) is 20.3 Å². The molecule has 2 saturated heterocycles. The monoisotopic (exact) mass is 314 g/mol. The van der Waals surface area contributed by atoms with Crippen molar-refractivity contribution >= 4 is 5.91 Å². The van der Waals surface area contributed by atoms with Crippen molar-refractivity contribution in [3.05, 3.63) is 17.5 Å². The van der Waals surface area contributed by atoms with E-state index < -0.39 is 24.9 Å². The molecule has 1 unspecified atom stereocenters. The lowest BCUT2D eigenvalue weighted by Gasteiger charge is -2.35. The Morgan fingerprint density at radius 1 is 1.45 bits per heavy atom. The Kier molecular flexibility index (Phi) is 4.14. The molecule has 0 aliphatic carbocycles. The zero-order valence-electron chi connectivity index (χ0n) is 12.5. The molecule has 1 amide bonds. The first-order valence-corrected chi connectivity index (χ1v) is 7.47. The molecule has 0 aromatic carbocycles. The number of amides is 1. The third kappa shape index (κ3) is 3.44. The van der Waals surface area contributed by atoms with Gasteiger partial charge in [0, 0.05) is 38.7 Å². The summed E-state index contributed by atoms with van der Waals surface area (Å²) in [5.74, 6) is -2.19. The second kappa shape index (κ2) is 5.92. The number of piperazine rings is 1. The van der Waals surface area contributed by atoms with Gasteiger partial charge in [0.1, 0.15) is 0 Å². The molecular weight excluding hydrogens is 294 g/mol. The number of rotatable bonds is 3. The van der Waals surface area contributed by atoms with Gasteiger partial charge in [-0.1, -0.05) is 5.16 Å². The zero-order valence-corrected chi connectivity index (χ0v) is 12.5. The minimum atomic E-state index is -2.77. The Balaban J connectivity index is 1.48. The summed E-state index contributed by atoms with van der Waals surface area (Å²) >= 11 is 0. The standard InChI is InChI=1S/C14H20F2N4O2/c1-10-6-11(22-18-10)8-19-2-4-20(5-3-19)13(21)12-7-14(15,16)9-17-12/h6,12,17H,2-5,7-9H2,1H3. The molecular formula is C14H20F2N4O2. The second-order valence-corrected chi connectivity index (χ2v) is 6.03. The van der Waals surface area contributed by atoms with Crippen molar-refractivity contribution in [3.8, 4) is 0 Å². The van der Waals surface area contributed by atoms with Crippen LogP contribution in [0.4, 0.5) is 8.78 Å². The molecule has 0 bridgehead atoms. The second-order valence-electron chi connectivity index (χ2n) is 6.03. The first-order chi connectivity index (χ1) is 10.4. The Hall–Kier alpha value is -1.54. The number of carbonyl (C=O) groups is 1. The van der Waals surface area contributed by atoms with E-state index in [9.17, 15) is 13.6 Å². The van der Waals surface area contributed by atoms with Crippen LogP contribution in [0.2, 0.25) is 0 Å². The molecule has 3 rings (SSSR count). The first kappa shape index (κ1) is 15.4. The van der Waals surface area contributed by atoms with Gasteiger partial charge < -0.3 is 9.42 Å². The fourth-order valence-electron chi connectivity index (χ4n) is 2.95. The molecule has 0 spiro atoms. The topological polar surface area (TPSA) is 61.6 Å². The fourth-order valence-corrected chi connectivity index (χ4v) is 2.95. The van der Waals surface area contributed by atoms with Crippen molar-refractivity contribution in [2.45, 2.75) is 31.9 Å². The molecule has 8 heteroatoms. The van der Waals surface area contributed by atoms with E-state index in [4.69, 9.17) is 4.52 Å². The summed E-state index contributed by atoms with van der Waals surface area (Å²) in [6.45, 7) is 4.62. The van der Waals surface area contributed by atoms with Gasteiger partial charge in [0.05, 0.1) is 24.8 Å². The largest absolute Gasteiger partial charge is 0.360 e. The third-order valence-electron chi connectivity index (χ3n) is 4.15. The number of aryl methyl sites for hydroxylation is 1. The molecule has 0 saturated carbocycles. The predicted molar refractivity (Wildman–Crippen MR) is 74.5 cm³/mol. The maximum Gasteiger partial charge on any atom is 0.262 e. The average molecular weight is 314 g/mol. The van der Waals surface area contributed by atoms with E-state index in [1.54, 1.807) is 4.90 Å². The maximum absolute atomic E-state index is 13.2. The first-order valence-electron chi connectivity index (χ1n) is 7.47. The summed E-state index contributed by atoms with van der Waals surface area (Å²) in [4.78, 5) is 16.1. The normalized spacial score (nSPS) is 25.6. The van der Waals surface area contributed by atoms with E-state index in [1.807, 2.05) is 13.0 Å². The van der Waals surface area contributed by atoms with Gasteiger partial charge in [-0.25, -0.2) is 8.78 Å². The quantitative estimate of drug-likeness (QED) is 0.886. The van der Waals surface area contributed by atoms with Crippen LogP contribution < -0.4 is 5.32 Å². The van der Waals surface area contributed by atoms with Crippen molar-refractivity contribution in [3.63, 3.8) is 0 Å². The summed E-state index contributed by atoms with van der Waals surface area (Å²) in [5.41, 5.74) is 0.844. The van der Waals surface area contributed by atoms with E-state index in [0.717, 1.165) is 11.5 Å². The molecule has 2 aliphatic rings. The van der Waals surface area contributed by atoms with Crippen molar-refractivity contribution in [2.24, 2.45) is 0 Å². The van der Waals surface area contributed by atoms with Crippen molar-refractivity contribution in [1.29, 1.82) is 0 Å². The van der Waals surface area contributed by atoms with Gasteiger partial charge in [-0.05, 0) is 6.92 Å². The Morgan fingerprint density at radius 3 is 2.73 bits per heavy atom. The summed E-state index contributed by atoms with van der Waals surface area (Å²) in [7, 11) is 0. The van der Waals surface area contributed by atoms with Crippen LogP contribution in [0.1, 0.15) is 17.9 Å². The van der Waals surface area contributed by atoms with E-state index in [2.05, 4.69) is 15.4 Å². The highest BCUT2D eigenvalue weighted by Crippen LogP contribution is 2.26. The minimum Gasteiger partial charge on any atom is -0.360 e. The number of hydrogen-bond donors (Lipinski definition) is 1. The van der Waals surface area contributed by atoms with Crippen molar-refractivity contribution < 1.29 is 18.1 Å². The summed E-state index contributed by atoms with van der Waals surface area (Å²) in [5, 5.41) is 6.47. The lowest BCUT2D eigenvalue weighted by Crippen LogP contribution is -2.52. The van der Waals surface area contributed by atoms with Crippen LogP contribution in [0.3, 0.4) is 0 Å². The van der Waals surface area contributed by atoms with Crippen LogP contribution >= 0.6 is 0 Å². The number of carbonyl (C=O) groups excluding carboxylic acids is 1. The predicted octanol–water partition coefficient (Wildman–Crippen LogP) is 0.624. The number of alkyl halides is 2. The summed E-state index contributed by atoms with van der Waals surface area (Å²) in [6, 6.07) is 1.14. The Bertz CT molecular complexity index is 541. The average Bonchev–Trinajstić information content (AvgIpc) is 3.04. The molecule has 22 heavy (non-hydrogen) atoms. The molecule has 3 heterocycles. The number of hydrogen-bond acceptors (Lipinski definition) is 5. The van der Waals surface area contributed by atoms with Gasteiger partial charge in [0.2, 0.25) is 5.91 Å². The van der Waals surface area contributed by atoms with Crippen LogP contribution in [0.15, 0.2) is 10.6 Å². The van der Waals surface area contributed by atoms with Gasteiger partial charge in [0.25, 0.3) is 5.92 Å².